The maximum atomic E-state index is 6.18. The summed E-state index contributed by atoms with van der Waals surface area (Å²) in [6.45, 7) is 4.52. The highest BCUT2D eigenvalue weighted by Crippen LogP contribution is 2.31. The number of fused-ring (bicyclic) bond motifs is 1. The van der Waals surface area contributed by atoms with E-state index in [2.05, 4.69) is 36.1 Å². The average Bonchev–Trinajstić information content (AvgIpc) is 2.41. The summed E-state index contributed by atoms with van der Waals surface area (Å²) >= 11 is 0. The molecule has 0 radical (unpaired) electrons. The van der Waals surface area contributed by atoms with Crippen LogP contribution < -0.4 is 10.6 Å². The summed E-state index contributed by atoms with van der Waals surface area (Å²) in [5.74, 6) is 0. The van der Waals surface area contributed by atoms with Gasteiger partial charge in [0, 0.05) is 24.8 Å². The summed E-state index contributed by atoms with van der Waals surface area (Å²) in [5, 5.41) is 0. The number of anilines is 1. The molecule has 15 heavy (non-hydrogen) atoms. The van der Waals surface area contributed by atoms with E-state index >= 15 is 0 Å². The molecule has 2 rings (SSSR count). The van der Waals surface area contributed by atoms with E-state index in [0.717, 1.165) is 19.5 Å². The van der Waals surface area contributed by atoms with Crippen molar-refractivity contribution in [2.24, 2.45) is 5.73 Å². The number of nitrogens with zero attached hydrogens (tertiary/aromatic N) is 1. The summed E-state index contributed by atoms with van der Waals surface area (Å²) in [7, 11) is 0. The third-order valence-electron chi connectivity index (χ3n) is 3.11. The van der Waals surface area contributed by atoms with Crippen LogP contribution in [0.5, 0.6) is 0 Å². The molecule has 1 aliphatic heterocycles. The third kappa shape index (κ3) is 2.15. The molecule has 1 unspecified atom stereocenters. The second kappa shape index (κ2) is 4.67. The van der Waals surface area contributed by atoms with E-state index in [1.54, 1.807) is 0 Å². The lowest BCUT2D eigenvalue weighted by molar-refractivity contribution is 0.625. The Morgan fingerprint density at radius 1 is 1.40 bits per heavy atom. The Bertz CT molecular complexity index is 322. The molecule has 0 aliphatic carbocycles. The molecule has 0 saturated carbocycles. The van der Waals surface area contributed by atoms with Gasteiger partial charge >= 0.3 is 0 Å². The van der Waals surface area contributed by atoms with Crippen molar-refractivity contribution in [3.63, 3.8) is 0 Å². The van der Waals surface area contributed by atoms with E-state index in [1.165, 1.54) is 24.1 Å². The lowest BCUT2D eigenvalue weighted by Gasteiger charge is -2.24. The van der Waals surface area contributed by atoms with E-state index in [4.69, 9.17) is 5.73 Å². The van der Waals surface area contributed by atoms with Crippen LogP contribution in [0.15, 0.2) is 24.3 Å². The van der Waals surface area contributed by atoms with E-state index in [-0.39, 0.29) is 6.04 Å². The second-order valence-electron chi connectivity index (χ2n) is 4.29. The molecule has 0 aromatic heterocycles. The minimum atomic E-state index is 0.225. The van der Waals surface area contributed by atoms with Gasteiger partial charge in [0.05, 0.1) is 0 Å². The number of hydrogen-bond donors (Lipinski definition) is 1. The zero-order valence-corrected chi connectivity index (χ0v) is 9.45. The lowest BCUT2D eigenvalue weighted by atomic mass is 10.0. The Kier molecular flexibility index (Phi) is 3.27. The van der Waals surface area contributed by atoms with Crippen LogP contribution in [0.3, 0.4) is 0 Å². The Labute approximate surface area is 92.1 Å². The van der Waals surface area contributed by atoms with Gasteiger partial charge in [-0.3, -0.25) is 0 Å². The fraction of sp³-hybridized carbons (Fsp3) is 0.538. The number of hydrogen-bond acceptors (Lipinski definition) is 2. The fourth-order valence-electron chi connectivity index (χ4n) is 2.37. The van der Waals surface area contributed by atoms with Gasteiger partial charge in [-0.2, -0.15) is 0 Å². The predicted molar refractivity (Wildman–Crippen MR) is 65.1 cm³/mol. The second-order valence-corrected chi connectivity index (χ2v) is 4.29. The molecule has 2 N–H and O–H groups in total. The Morgan fingerprint density at radius 2 is 2.20 bits per heavy atom. The molecule has 1 aromatic carbocycles. The van der Waals surface area contributed by atoms with Crippen molar-refractivity contribution >= 4 is 5.69 Å². The molecule has 1 atom stereocenters. The first-order chi connectivity index (χ1) is 7.33. The molecular weight excluding hydrogens is 184 g/mol. The van der Waals surface area contributed by atoms with Crippen molar-refractivity contribution in [3.8, 4) is 0 Å². The van der Waals surface area contributed by atoms with Crippen LogP contribution in [0.25, 0.3) is 0 Å². The van der Waals surface area contributed by atoms with Crippen molar-refractivity contribution in [2.45, 2.75) is 32.2 Å². The molecule has 0 spiro atoms. The summed E-state index contributed by atoms with van der Waals surface area (Å²) in [4.78, 5) is 2.47. The van der Waals surface area contributed by atoms with E-state index in [0.29, 0.717) is 0 Å². The van der Waals surface area contributed by atoms with Gasteiger partial charge in [-0.25, -0.2) is 0 Å². The van der Waals surface area contributed by atoms with Crippen LogP contribution in [0.1, 0.15) is 37.8 Å². The maximum absolute atomic E-state index is 6.18. The molecule has 0 saturated heterocycles. The lowest BCUT2D eigenvalue weighted by Crippen LogP contribution is -2.24. The van der Waals surface area contributed by atoms with Gasteiger partial charge < -0.3 is 10.6 Å². The molecule has 1 aliphatic rings. The van der Waals surface area contributed by atoms with Crippen LogP contribution in [0.4, 0.5) is 5.69 Å². The van der Waals surface area contributed by atoms with Crippen LogP contribution in [-0.2, 0) is 0 Å². The summed E-state index contributed by atoms with van der Waals surface area (Å²) in [6.07, 6.45) is 3.51. The first kappa shape index (κ1) is 10.5. The molecule has 1 heterocycles. The average molecular weight is 204 g/mol. The number of rotatable bonds is 2. The van der Waals surface area contributed by atoms with Gasteiger partial charge in [-0.1, -0.05) is 25.1 Å². The van der Waals surface area contributed by atoms with Crippen molar-refractivity contribution in [2.75, 3.05) is 18.0 Å². The molecule has 0 fully saturated rings. The highest BCUT2D eigenvalue weighted by Gasteiger charge is 2.18. The van der Waals surface area contributed by atoms with E-state index < -0.39 is 0 Å². The summed E-state index contributed by atoms with van der Waals surface area (Å²) in [6, 6.07) is 8.81. The monoisotopic (exact) mass is 204 g/mol. The molecule has 2 heteroatoms. The fourth-order valence-corrected chi connectivity index (χ4v) is 2.37. The zero-order valence-electron chi connectivity index (χ0n) is 9.45. The normalized spacial score (nSPS) is 20.9. The van der Waals surface area contributed by atoms with Crippen LogP contribution >= 0.6 is 0 Å². The highest BCUT2D eigenvalue weighted by atomic mass is 15.1. The Hall–Kier alpha value is -1.02. The molecule has 2 nitrogen and oxygen atoms in total. The minimum absolute atomic E-state index is 0.225. The van der Waals surface area contributed by atoms with Crippen molar-refractivity contribution in [3.05, 3.63) is 29.8 Å². The predicted octanol–water partition coefficient (Wildman–Crippen LogP) is 2.70. The highest BCUT2D eigenvalue weighted by molar-refractivity contribution is 5.55. The SMILES string of the molecule is CCCN1CCCC(N)c2ccccc21. The number of nitrogens with two attached hydrogens (primary N) is 1. The first-order valence-corrected chi connectivity index (χ1v) is 5.92. The Balaban J connectivity index is 2.34. The zero-order chi connectivity index (χ0) is 10.7. The standard InChI is InChI=1S/C13H20N2/c1-2-9-15-10-5-7-12(14)11-6-3-4-8-13(11)15/h3-4,6,8,12H,2,5,7,9-10,14H2,1H3. The van der Waals surface area contributed by atoms with Crippen LogP contribution in [0, 0.1) is 0 Å². The quantitative estimate of drug-likeness (QED) is 0.802. The van der Waals surface area contributed by atoms with Crippen molar-refractivity contribution < 1.29 is 0 Å². The van der Waals surface area contributed by atoms with Crippen molar-refractivity contribution in [1.29, 1.82) is 0 Å². The van der Waals surface area contributed by atoms with Gasteiger partial charge in [-0.15, -0.1) is 0 Å². The van der Waals surface area contributed by atoms with Crippen LogP contribution in [-0.4, -0.2) is 13.1 Å². The molecule has 0 amide bonds. The number of para-hydroxylation sites is 1. The smallest absolute Gasteiger partial charge is 0.0414 e. The minimum Gasteiger partial charge on any atom is -0.371 e. The molecular formula is C13H20N2. The van der Waals surface area contributed by atoms with Crippen molar-refractivity contribution in [1.82, 2.24) is 0 Å². The summed E-state index contributed by atoms with van der Waals surface area (Å²) in [5.41, 5.74) is 8.85. The van der Waals surface area contributed by atoms with Gasteiger partial charge in [0.15, 0.2) is 0 Å². The largest absolute Gasteiger partial charge is 0.371 e. The topological polar surface area (TPSA) is 29.3 Å². The third-order valence-corrected chi connectivity index (χ3v) is 3.11. The van der Waals surface area contributed by atoms with E-state index in [1.807, 2.05) is 0 Å². The number of benzene rings is 1. The van der Waals surface area contributed by atoms with Gasteiger partial charge in [0.1, 0.15) is 0 Å². The molecule has 0 bridgehead atoms. The molecule has 1 aromatic rings. The first-order valence-electron chi connectivity index (χ1n) is 5.92. The Morgan fingerprint density at radius 3 is 3.00 bits per heavy atom. The van der Waals surface area contributed by atoms with E-state index in [9.17, 15) is 0 Å². The van der Waals surface area contributed by atoms with Gasteiger partial charge in [0.2, 0.25) is 0 Å². The van der Waals surface area contributed by atoms with Gasteiger partial charge in [-0.05, 0) is 30.9 Å². The molecule has 82 valence electrons. The van der Waals surface area contributed by atoms with Crippen LogP contribution in [0.2, 0.25) is 0 Å². The van der Waals surface area contributed by atoms with Gasteiger partial charge in [0.25, 0.3) is 0 Å². The summed E-state index contributed by atoms with van der Waals surface area (Å²) < 4.78 is 0. The maximum Gasteiger partial charge on any atom is 0.0414 e.